The van der Waals surface area contributed by atoms with E-state index in [9.17, 15) is 4.79 Å². The number of carbonyl (C=O) groups is 1. The first-order chi connectivity index (χ1) is 13.8. The molecule has 28 heavy (non-hydrogen) atoms. The second-order valence-electron chi connectivity index (χ2n) is 8.56. The number of hydrogen-bond acceptors (Lipinski definition) is 1. The van der Waals surface area contributed by atoms with Crippen molar-refractivity contribution >= 4 is 5.97 Å². The zero-order valence-electron chi connectivity index (χ0n) is 19.1. The van der Waals surface area contributed by atoms with Crippen LogP contribution in [0.5, 0.6) is 0 Å². The summed E-state index contributed by atoms with van der Waals surface area (Å²) in [7, 11) is 0. The summed E-state index contributed by atoms with van der Waals surface area (Å²) < 4.78 is 0. The Hall–Kier alpha value is -0.790. The van der Waals surface area contributed by atoms with Gasteiger partial charge in [-0.25, -0.2) is 0 Å². The molecule has 0 fully saturated rings. The molecule has 2 nitrogen and oxygen atoms in total. The van der Waals surface area contributed by atoms with Crippen LogP contribution < -0.4 is 0 Å². The van der Waals surface area contributed by atoms with Gasteiger partial charge in [0.05, 0.1) is 0 Å². The van der Waals surface area contributed by atoms with Crippen LogP contribution in [0.15, 0.2) is 12.2 Å². The third kappa shape index (κ3) is 25.2. The lowest BCUT2D eigenvalue weighted by molar-refractivity contribution is -0.137. The van der Waals surface area contributed by atoms with E-state index in [4.69, 9.17) is 5.11 Å². The Bertz CT molecular complexity index is 335. The molecule has 0 heterocycles. The highest BCUT2D eigenvalue weighted by atomic mass is 16.4. The van der Waals surface area contributed by atoms with Crippen LogP contribution in [0.25, 0.3) is 0 Å². The largest absolute Gasteiger partial charge is 0.481 e. The Labute approximate surface area is 176 Å². The highest BCUT2D eigenvalue weighted by Gasteiger charge is 1.97. The van der Waals surface area contributed by atoms with Gasteiger partial charge in [0, 0.05) is 6.42 Å². The van der Waals surface area contributed by atoms with Crippen molar-refractivity contribution < 1.29 is 9.90 Å². The van der Waals surface area contributed by atoms with Crippen LogP contribution in [0.3, 0.4) is 0 Å². The van der Waals surface area contributed by atoms with Crippen molar-refractivity contribution in [1.82, 2.24) is 0 Å². The molecule has 0 radical (unpaired) electrons. The van der Waals surface area contributed by atoms with Gasteiger partial charge in [0.25, 0.3) is 0 Å². The first-order valence-electron chi connectivity index (χ1n) is 12.6. The van der Waals surface area contributed by atoms with Crippen molar-refractivity contribution in [2.45, 2.75) is 148 Å². The Morgan fingerprint density at radius 1 is 0.536 bits per heavy atom. The zero-order valence-corrected chi connectivity index (χ0v) is 19.1. The van der Waals surface area contributed by atoms with Gasteiger partial charge in [-0.05, 0) is 25.7 Å². The number of aliphatic carboxylic acids is 1. The highest BCUT2D eigenvalue weighted by Crippen LogP contribution is 2.14. The number of hydrogen-bond donors (Lipinski definition) is 1. The van der Waals surface area contributed by atoms with Crippen LogP contribution in [0, 0.1) is 0 Å². The lowest BCUT2D eigenvalue weighted by atomic mass is 10.0. The minimum absolute atomic E-state index is 0.344. The second kappa shape index (κ2) is 24.2. The van der Waals surface area contributed by atoms with E-state index in [-0.39, 0.29) is 0 Å². The van der Waals surface area contributed by atoms with Crippen LogP contribution in [0.2, 0.25) is 0 Å². The van der Waals surface area contributed by atoms with Gasteiger partial charge in [0.1, 0.15) is 0 Å². The maximum atomic E-state index is 10.4. The van der Waals surface area contributed by atoms with E-state index in [1.165, 1.54) is 122 Å². The molecule has 0 aliphatic carbocycles. The Morgan fingerprint density at radius 3 is 1.21 bits per heavy atom. The summed E-state index contributed by atoms with van der Waals surface area (Å²) in [6.45, 7) is 2.24. The van der Waals surface area contributed by atoms with Crippen molar-refractivity contribution in [2.24, 2.45) is 0 Å². The van der Waals surface area contributed by atoms with Crippen molar-refractivity contribution in [1.29, 1.82) is 0 Å². The van der Waals surface area contributed by atoms with Crippen LogP contribution >= 0.6 is 0 Å². The maximum absolute atomic E-state index is 10.4. The Morgan fingerprint density at radius 2 is 0.857 bits per heavy atom. The van der Waals surface area contributed by atoms with E-state index < -0.39 is 5.97 Å². The summed E-state index contributed by atoms with van der Waals surface area (Å²) in [5.74, 6) is -0.652. The van der Waals surface area contributed by atoms with E-state index in [0.717, 1.165) is 12.8 Å². The molecule has 0 spiro atoms. The van der Waals surface area contributed by atoms with Crippen LogP contribution in [0.1, 0.15) is 148 Å². The molecule has 0 aromatic heterocycles. The summed E-state index contributed by atoms with van der Waals surface area (Å²) in [4.78, 5) is 10.4. The number of carboxylic acid groups (broad SMARTS) is 1. The summed E-state index contributed by atoms with van der Waals surface area (Å²) in [6, 6.07) is 0. The SMILES string of the molecule is CCCC=CCCCCCCCCCCCCCCCCCCCCC(=O)O. The van der Waals surface area contributed by atoms with Crippen LogP contribution in [-0.2, 0) is 4.79 Å². The van der Waals surface area contributed by atoms with Gasteiger partial charge in [-0.3, -0.25) is 4.79 Å². The highest BCUT2D eigenvalue weighted by molar-refractivity contribution is 5.66. The van der Waals surface area contributed by atoms with E-state index in [1.807, 2.05) is 0 Å². The fourth-order valence-corrected chi connectivity index (χ4v) is 3.77. The third-order valence-corrected chi connectivity index (χ3v) is 5.63. The third-order valence-electron chi connectivity index (χ3n) is 5.63. The molecule has 0 aliphatic heterocycles. The standard InChI is InChI=1S/C26H50O2/c1-2-3-4-5-6-7-8-9-10-11-12-13-14-15-16-17-18-19-20-21-22-23-24-25-26(27)28/h4-5H,2-3,6-25H2,1H3,(H,27,28). The van der Waals surface area contributed by atoms with E-state index in [0.29, 0.717) is 6.42 Å². The molecule has 166 valence electrons. The number of rotatable bonds is 23. The molecule has 0 saturated heterocycles. The molecule has 2 heteroatoms. The van der Waals surface area contributed by atoms with Gasteiger partial charge in [-0.2, -0.15) is 0 Å². The predicted molar refractivity (Wildman–Crippen MR) is 124 cm³/mol. The summed E-state index contributed by atoms with van der Waals surface area (Å²) in [6.07, 6.45) is 33.1. The molecule has 0 rings (SSSR count). The molecular weight excluding hydrogens is 344 g/mol. The summed E-state index contributed by atoms with van der Waals surface area (Å²) in [5, 5.41) is 8.58. The van der Waals surface area contributed by atoms with Crippen molar-refractivity contribution in [3.8, 4) is 0 Å². The van der Waals surface area contributed by atoms with Gasteiger partial charge < -0.3 is 5.11 Å². The minimum Gasteiger partial charge on any atom is -0.481 e. The van der Waals surface area contributed by atoms with E-state index in [1.54, 1.807) is 0 Å². The summed E-state index contributed by atoms with van der Waals surface area (Å²) in [5.41, 5.74) is 0. The number of unbranched alkanes of at least 4 members (excludes halogenated alkanes) is 19. The van der Waals surface area contributed by atoms with E-state index in [2.05, 4.69) is 19.1 Å². The molecule has 0 saturated carbocycles. The fraction of sp³-hybridized carbons (Fsp3) is 0.885. The molecule has 0 aliphatic rings. The predicted octanol–water partition coefficient (Wildman–Crippen LogP) is 9.23. The molecule has 1 N–H and O–H groups in total. The smallest absolute Gasteiger partial charge is 0.303 e. The normalized spacial score (nSPS) is 11.5. The molecule has 0 amide bonds. The number of carboxylic acids is 1. The Kier molecular flexibility index (Phi) is 23.6. The van der Waals surface area contributed by atoms with E-state index >= 15 is 0 Å². The average Bonchev–Trinajstić information content (AvgIpc) is 2.68. The maximum Gasteiger partial charge on any atom is 0.303 e. The fourth-order valence-electron chi connectivity index (χ4n) is 3.77. The molecule has 0 atom stereocenters. The lowest BCUT2D eigenvalue weighted by Crippen LogP contribution is -1.93. The molecular formula is C26H50O2. The van der Waals surface area contributed by atoms with Gasteiger partial charge in [-0.15, -0.1) is 0 Å². The van der Waals surface area contributed by atoms with Crippen LogP contribution in [0.4, 0.5) is 0 Å². The molecule has 0 aromatic rings. The van der Waals surface area contributed by atoms with Crippen molar-refractivity contribution in [3.63, 3.8) is 0 Å². The Balaban J connectivity index is 3.02. The molecule has 0 bridgehead atoms. The first-order valence-corrected chi connectivity index (χ1v) is 12.6. The number of allylic oxidation sites excluding steroid dienone is 2. The van der Waals surface area contributed by atoms with Crippen molar-refractivity contribution in [3.05, 3.63) is 12.2 Å². The second-order valence-corrected chi connectivity index (χ2v) is 8.56. The van der Waals surface area contributed by atoms with Gasteiger partial charge >= 0.3 is 5.97 Å². The topological polar surface area (TPSA) is 37.3 Å². The quantitative estimate of drug-likeness (QED) is 0.138. The van der Waals surface area contributed by atoms with Gasteiger partial charge in [-0.1, -0.05) is 128 Å². The first kappa shape index (κ1) is 27.2. The van der Waals surface area contributed by atoms with Gasteiger partial charge in [0.15, 0.2) is 0 Å². The monoisotopic (exact) mass is 394 g/mol. The zero-order chi connectivity index (χ0) is 20.5. The van der Waals surface area contributed by atoms with Crippen LogP contribution in [-0.4, -0.2) is 11.1 Å². The average molecular weight is 395 g/mol. The molecule has 0 aromatic carbocycles. The minimum atomic E-state index is -0.652. The molecule has 0 unspecified atom stereocenters. The van der Waals surface area contributed by atoms with Gasteiger partial charge in [0.2, 0.25) is 0 Å². The lowest BCUT2D eigenvalue weighted by Gasteiger charge is -2.04. The summed E-state index contributed by atoms with van der Waals surface area (Å²) >= 11 is 0. The van der Waals surface area contributed by atoms with Crippen molar-refractivity contribution in [2.75, 3.05) is 0 Å².